The third kappa shape index (κ3) is 1.43. The summed E-state index contributed by atoms with van der Waals surface area (Å²) < 4.78 is 4.94. The maximum absolute atomic E-state index is 8.94. The van der Waals surface area contributed by atoms with Crippen molar-refractivity contribution >= 4 is 0 Å². The molecule has 1 rings (SSSR count). The Morgan fingerprint density at radius 3 is 2.55 bits per heavy atom. The highest BCUT2D eigenvalue weighted by Crippen LogP contribution is 2.20. The lowest BCUT2D eigenvalue weighted by Gasteiger charge is -2.00. The molecule has 0 bridgehead atoms. The van der Waals surface area contributed by atoms with Crippen molar-refractivity contribution in [2.24, 2.45) is 0 Å². The van der Waals surface area contributed by atoms with E-state index in [1.165, 1.54) is 0 Å². The second kappa shape index (κ2) is 3.05. The minimum atomic E-state index is 0.0167. The molecule has 0 fully saturated rings. The number of aryl methyl sites for hydroxylation is 1. The van der Waals surface area contributed by atoms with Crippen molar-refractivity contribution in [2.75, 3.05) is 0 Å². The van der Waals surface area contributed by atoms with Gasteiger partial charge in [0.25, 0.3) is 0 Å². The van der Waals surface area contributed by atoms with Crippen molar-refractivity contribution < 1.29 is 9.63 Å². The SMILES string of the molecule is Cc1onc(C(C)C)c1CO. The maximum atomic E-state index is 8.94. The van der Waals surface area contributed by atoms with E-state index in [0.29, 0.717) is 5.92 Å². The minimum Gasteiger partial charge on any atom is -0.391 e. The number of rotatable bonds is 2. The van der Waals surface area contributed by atoms with Gasteiger partial charge in [-0.15, -0.1) is 0 Å². The van der Waals surface area contributed by atoms with Gasteiger partial charge in [-0.05, 0) is 12.8 Å². The standard InChI is InChI=1S/C8H13NO2/c1-5(2)8-7(4-10)6(3)11-9-8/h5,10H,4H2,1-3H3. The summed E-state index contributed by atoms with van der Waals surface area (Å²) in [5, 5.41) is 12.8. The van der Waals surface area contributed by atoms with Crippen LogP contribution in [-0.4, -0.2) is 10.3 Å². The highest BCUT2D eigenvalue weighted by molar-refractivity contribution is 5.23. The van der Waals surface area contributed by atoms with Crippen molar-refractivity contribution in [3.63, 3.8) is 0 Å². The average molecular weight is 155 g/mol. The Labute approximate surface area is 66.0 Å². The van der Waals surface area contributed by atoms with E-state index in [2.05, 4.69) is 5.16 Å². The van der Waals surface area contributed by atoms with Crippen LogP contribution in [0.5, 0.6) is 0 Å². The van der Waals surface area contributed by atoms with E-state index < -0.39 is 0 Å². The number of aliphatic hydroxyl groups excluding tert-OH is 1. The van der Waals surface area contributed by atoms with E-state index >= 15 is 0 Å². The first-order chi connectivity index (χ1) is 5.16. The van der Waals surface area contributed by atoms with E-state index in [4.69, 9.17) is 9.63 Å². The van der Waals surface area contributed by atoms with Gasteiger partial charge in [0.2, 0.25) is 0 Å². The molecule has 3 heteroatoms. The molecule has 0 radical (unpaired) electrons. The van der Waals surface area contributed by atoms with Gasteiger partial charge in [0.1, 0.15) is 5.76 Å². The van der Waals surface area contributed by atoms with Gasteiger partial charge in [-0.2, -0.15) is 0 Å². The lowest BCUT2D eigenvalue weighted by molar-refractivity contribution is 0.277. The second-order valence-electron chi connectivity index (χ2n) is 2.92. The van der Waals surface area contributed by atoms with Gasteiger partial charge >= 0.3 is 0 Å². The first kappa shape index (κ1) is 8.27. The van der Waals surface area contributed by atoms with Gasteiger partial charge in [-0.25, -0.2) is 0 Å². The first-order valence-corrected chi connectivity index (χ1v) is 3.72. The molecule has 0 saturated carbocycles. The lowest BCUT2D eigenvalue weighted by atomic mass is 10.1. The summed E-state index contributed by atoms with van der Waals surface area (Å²) in [7, 11) is 0. The Hall–Kier alpha value is -0.830. The van der Waals surface area contributed by atoms with Crippen molar-refractivity contribution in [1.29, 1.82) is 0 Å². The molecule has 0 spiro atoms. The van der Waals surface area contributed by atoms with Gasteiger partial charge in [0, 0.05) is 5.56 Å². The summed E-state index contributed by atoms with van der Waals surface area (Å²) in [5.74, 6) is 1.03. The Morgan fingerprint density at radius 1 is 1.55 bits per heavy atom. The fourth-order valence-corrected chi connectivity index (χ4v) is 1.05. The highest BCUT2D eigenvalue weighted by Gasteiger charge is 2.13. The monoisotopic (exact) mass is 155 g/mol. The molecule has 1 N–H and O–H groups in total. The summed E-state index contributed by atoms with van der Waals surface area (Å²) in [6.07, 6.45) is 0. The smallest absolute Gasteiger partial charge is 0.139 e. The maximum Gasteiger partial charge on any atom is 0.139 e. The molecule has 1 aromatic rings. The molecular formula is C8H13NO2. The van der Waals surface area contributed by atoms with E-state index in [1.807, 2.05) is 20.8 Å². The molecule has 62 valence electrons. The van der Waals surface area contributed by atoms with Crippen LogP contribution < -0.4 is 0 Å². The van der Waals surface area contributed by atoms with Crippen molar-refractivity contribution in [3.05, 3.63) is 17.0 Å². The molecule has 0 unspecified atom stereocenters. The molecular weight excluding hydrogens is 142 g/mol. The van der Waals surface area contributed by atoms with Crippen LogP contribution in [0.15, 0.2) is 4.52 Å². The van der Waals surface area contributed by atoms with Crippen LogP contribution in [0.4, 0.5) is 0 Å². The largest absolute Gasteiger partial charge is 0.391 e. The van der Waals surface area contributed by atoms with Gasteiger partial charge in [-0.3, -0.25) is 0 Å². The van der Waals surface area contributed by atoms with Crippen LogP contribution in [0.2, 0.25) is 0 Å². The summed E-state index contributed by atoms with van der Waals surface area (Å²) in [6.45, 7) is 5.88. The summed E-state index contributed by atoms with van der Waals surface area (Å²) >= 11 is 0. The molecule has 0 aliphatic carbocycles. The zero-order valence-electron chi connectivity index (χ0n) is 7.09. The van der Waals surface area contributed by atoms with Gasteiger partial charge in [0.15, 0.2) is 0 Å². The van der Waals surface area contributed by atoms with Crippen LogP contribution >= 0.6 is 0 Å². The normalized spacial score (nSPS) is 11.0. The van der Waals surface area contributed by atoms with E-state index in [0.717, 1.165) is 17.0 Å². The molecule has 0 atom stereocenters. The third-order valence-corrected chi connectivity index (χ3v) is 1.72. The molecule has 0 aliphatic heterocycles. The Kier molecular flexibility index (Phi) is 2.29. The highest BCUT2D eigenvalue weighted by atomic mass is 16.5. The Morgan fingerprint density at radius 2 is 2.18 bits per heavy atom. The molecule has 3 nitrogen and oxygen atoms in total. The topological polar surface area (TPSA) is 46.3 Å². The second-order valence-corrected chi connectivity index (χ2v) is 2.92. The van der Waals surface area contributed by atoms with E-state index in [-0.39, 0.29) is 6.61 Å². The molecule has 11 heavy (non-hydrogen) atoms. The van der Waals surface area contributed by atoms with E-state index in [1.54, 1.807) is 0 Å². The Bertz CT molecular complexity index is 240. The van der Waals surface area contributed by atoms with Crippen molar-refractivity contribution in [2.45, 2.75) is 33.3 Å². The molecule has 0 saturated heterocycles. The molecule has 0 aliphatic rings. The number of hydrogen-bond acceptors (Lipinski definition) is 3. The number of aliphatic hydroxyl groups is 1. The van der Waals surface area contributed by atoms with Gasteiger partial charge in [0.05, 0.1) is 12.3 Å². The van der Waals surface area contributed by atoms with Crippen LogP contribution in [0, 0.1) is 6.92 Å². The minimum absolute atomic E-state index is 0.0167. The van der Waals surface area contributed by atoms with Crippen LogP contribution in [0.25, 0.3) is 0 Å². The Balaban J connectivity index is 3.05. The van der Waals surface area contributed by atoms with Crippen LogP contribution in [0.1, 0.15) is 36.8 Å². The molecule has 0 aromatic carbocycles. The van der Waals surface area contributed by atoms with Crippen LogP contribution in [0.3, 0.4) is 0 Å². The summed E-state index contributed by atoms with van der Waals surface area (Å²) in [4.78, 5) is 0. The van der Waals surface area contributed by atoms with Crippen molar-refractivity contribution in [3.8, 4) is 0 Å². The summed E-state index contributed by atoms with van der Waals surface area (Å²) in [6, 6.07) is 0. The predicted octanol–water partition coefficient (Wildman–Crippen LogP) is 1.60. The zero-order valence-corrected chi connectivity index (χ0v) is 7.09. The van der Waals surface area contributed by atoms with E-state index in [9.17, 15) is 0 Å². The molecule has 1 aromatic heterocycles. The zero-order chi connectivity index (χ0) is 8.43. The van der Waals surface area contributed by atoms with Gasteiger partial charge in [-0.1, -0.05) is 19.0 Å². The van der Waals surface area contributed by atoms with Gasteiger partial charge < -0.3 is 9.63 Å². The fraction of sp³-hybridized carbons (Fsp3) is 0.625. The van der Waals surface area contributed by atoms with Crippen LogP contribution in [-0.2, 0) is 6.61 Å². The lowest BCUT2D eigenvalue weighted by Crippen LogP contribution is -1.94. The summed E-state index contributed by atoms with van der Waals surface area (Å²) in [5.41, 5.74) is 1.70. The fourth-order valence-electron chi connectivity index (χ4n) is 1.05. The predicted molar refractivity (Wildman–Crippen MR) is 41.3 cm³/mol. The van der Waals surface area contributed by atoms with Crippen molar-refractivity contribution in [1.82, 2.24) is 5.16 Å². The first-order valence-electron chi connectivity index (χ1n) is 3.72. The quantitative estimate of drug-likeness (QED) is 0.705. The number of aromatic nitrogens is 1. The molecule has 0 amide bonds. The molecule has 1 heterocycles. The third-order valence-electron chi connectivity index (χ3n) is 1.72. The number of hydrogen-bond donors (Lipinski definition) is 1. The number of nitrogens with zero attached hydrogens (tertiary/aromatic N) is 1. The average Bonchev–Trinajstić information content (AvgIpc) is 2.30.